The molecule has 0 spiro atoms. The zero-order valence-corrected chi connectivity index (χ0v) is 13.6. The Morgan fingerprint density at radius 2 is 2.24 bits per heavy atom. The fourth-order valence-corrected chi connectivity index (χ4v) is 4.12. The molecule has 0 saturated carbocycles. The number of carbonyl (C=O) groups excluding carboxylic acids is 1. The van der Waals surface area contributed by atoms with Gasteiger partial charge in [-0.3, -0.25) is 0 Å². The van der Waals surface area contributed by atoms with E-state index in [-0.39, 0.29) is 5.97 Å². The third-order valence-electron chi connectivity index (χ3n) is 3.78. The van der Waals surface area contributed by atoms with Crippen LogP contribution in [0.5, 0.6) is 0 Å². The SMILES string of the molecule is COC(=O)/C=C\c1sc2ccc(Cl)c3c2c1CN(C)CC3. The molecule has 1 aromatic carbocycles. The van der Waals surface area contributed by atoms with E-state index in [0.29, 0.717) is 0 Å². The van der Waals surface area contributed by atoms with Crippen LogP contribution in [0, 0.1) is 0 Å². The standard InChI is InChI=1S/C16H16ClNO2S/c1-18-8-7-10-12(17)3-4-14-16(10)11(9-18)13(21-14)5-6-15(19)20-2/h3-6H,7-9H2,1-2H3/b6-5-. The van der Waals surface area contributed by atoms with Crippen molar-refractivity contribution in [3.63, 3.8) is 0 Å². The molecular formula is C16H16ClNO2S. The summed E-state index contributed by atoms with van der Waals surface area (Å²) in [6, 6.07) is 4.04. The van der Waals surface area contributed by atoms with E-state index in [1.54, 1.807) is 11.3 Å². The molecule has 0 aliphatic carbocycles. The number of esters is 1. The average Bonchev–Trinajstić information content (AvgIpc) is 2.70. The summed E-state index contributed by atoms with van der Waals surface area (Å²) in [6.07, 6.45) is 4.28. The molecule has 1 aliphatic rings. The van der Waals surface area contributed by atoms with Gasteiger partial charge in [-0.1, -0.05) is 11.6 Å². The minimum atomic E-state index is -0.333. The fourth-order valence-electron chi connectivity index (χ4n) is 2.72. The number of hydrogen-bond acceptors (Lipinski definition) is 4. The van der Waals surface area contributed by atoms with Gasteiger partial charge in [0.25, 0.3) is 0 Å². The Kier molecular flexibility index (Phi) is 4.02. The van der Waals surface area contributed by atoms with Gasteiger partial charge in [0.05, 0.1) is 7.11 Å². The van der Waals surface area contributed by atoms with Crippen molar-refractivity contribution in [1.82, 2.24) is 4.90 Å². The first-order valence-corrected chi connectivity index (χ1v) is 7.97. The molecule has 2 heterocycles. The number of carbonyl (C=O) groups is 1. The number of benzene rings is 1. The zero-order valence-electron chi connectivity index (χ0n) is 12.0. The van der Waals surface area contributed by atoms with E-state index >= 15 is 0 Å². The Bertz CT molecular complexity index is 735. The summed E-state index contributed by atoms with van der Waals surface area (Å²) >= 11 is 8.08. The normalized spacial score (nSPS) is 15.6. The van der Waals surface area contributed by atoms with Crippen LogP contribution in [0.2, 0.25) is 5.02 Å². The monoisotopic (exact) mass is 321 g/mol. The predicted molar refractivity (Wildman–Crippen MR) is 87.9 cm³/mol. The van der Waals surface area contributed by atoms with Crippen molar-refractivity contribution in [1.29, 1.82) is 0 Å². The maximum atomic E-state index is 11.3. The summed E-state index contributed by atoms with van der Waals surface area (Å²) < 4.78 is 5.90. The average molecular weight is 322 g/mol. The zero-order chi connectivity index (χ0) is 15.0. The first-order chi connectivity index (χ1) is 10.1. The lowest BCUT2D eigenvalue weighted by Crippen LogP contribution is -2.18. The molecule has 5 heteroatoms. The van der Waals surface area contributed by atoms with Crippen molar-refractivity contribution in [2.75, 3.05) is 20.7 Å². The molecule has 3 nitrogen and oxygen atoms in total. The molecule has 110 valence electrons. The van der Waals surface area contributed by atoms with Crippen LogP contribution in [0.4, 0.5) is 0 Å². The van der Waals surface area contributed by atoms with Crippen LogP contribution in [0.3, 0.4) is 0 Å². The lowest BCUT2D eigenvalue weighted by Gasteiger charge is -2.13. The van der Waals surface area contributed by atoms with E-state index < -0.39 is 0 Å². The third-order valence-corrected chi connectivity index (χ3v) is 5.30. The molecule has 2 aromatic rings. The van der Waals surface area contributed by atoms with Crippen molar-refractivity contribution in [2.24, 2.45) is 0 Å². The van der Waals surface area contributed by atoms with Gasteiger partial charge in [0.2, 0.25) is 0 Å². The maximum Gasteiger partial charge on any atom is 0.330 e. The third kappa shape index (κ3) is 2.71. The van der Waals surface area contributed by atoms with Crippen molar-refractivity contribution in [3.8, 4) is 0 Å². The number of halogens is 1. The summed E-state index contributed by atoms with van der Waals surface area (Å²) in [5.74, 6) is -0.333. The fraction of sp³-hybridized carbons (Fsp3) is 0.312. The Morgan fingerprint density at radius 1 is 1.43 bits per heavy atom. The molecule has 0 unspecified atom stereocenters. The molecule has 0 bridgehead atoms. The van der Waals surface area contributed by atoms with Gasteiger partial charge in [0.1, 0.15) is 0 Å². The number of nitrogens with zero attached hydrogens (tertiary/aromatic N) is 1. The number of likely N-dealkylation sites (N-methyl/N-ethyl adjacent to an activating group) is 1. The van der Waals surface area contributed by atoms with Crippen molar-refractivity contribution in [3.05, 3.63) is 39.2 Å². The molecule has 0 radical (unpaired) electrons. The maximum absolute atomic E-state index is 11.3. The van der Waals surface area contributed by atoms with Gasteiger partial charge in [-0.2, -0.15) is 0 Å². The lowest BCUT2D eigenvalue weighted by atomic mass is 10.0. The van der Waals surface area contributed by atoms with Crippen molar-refractivity contribution < 1.29 is 9.53 Å². The molecule has 1 aromatic heterocycles. The Morgan fingerprint density at radius 3 is 3.00 bits per heavy atom. The Balaban J connectivity index is 2.18. The van der Waals surface area contributed by atoms with E-state index in [1.165, 1.54) is 34.4 Å². The minimum absolute atomic E-state index is 0.333. The van der Waals surface area contributed by atoms with Crippen LogP contribution in [-0.2, 0) is 22.5 Å². The van der Waals surface area contributed by atoms with Crippen LogP contribution in [0.1, 0.15) is 16.0 Å². The van der Waals surface area contributed by atoms with Gasteiger partial charge in [0.15, 0.2) is 0 Å². The molecule has 21 heavy (non-hydrogen) atoms. The molecule has 0 saturated heterocycles. The highest BCUT2D eigenvalue weighted by molar-refractivity contribution is 7.20. The van der Waals surface area contributed by atoms with Gasteiger partial charge in [0, 0.05) is 39.2 Å². The van der Waals surface area contributed by atoms with Crippen LogP contribution >= 0.6 is 22.9 Å². The van der Waals surface area contributed by atoms with E-state index in [4.69, 9.17) is 11.6 Å². The number of thiophene rings is 1. The predicted octanol–water partition coefficient (Wildman–Crippen LogP) is 3.73. The molecule has 3 rings (SSSR count). The smallest absolute Gasteiger partial charge is 0.330 e. The second kappa shape index (κ2) is 5.79. The molecule has 0 atom stereocenters. The number of methoxy groups -OCH3 is 1. The van der Waals surface area contributed by atoms with Gasteiger partial charge < -0.3 is 9.64 Å². The summed E-state index contributed by atoms with van der Waals surface area (Å²) in [7, 11) is 3.50. The Hall–Kier alpha value is -1.36. The number of rotatable bonds is 2. The minimum Gasteiger partial charge on any atom is -0.466 e. The van der Waals surface area contributed by atoms with E-state index in [0.717, 1.165) is 29.4 Å². The molecule has 0 N–H and O–H groups in total. The van der Waals surface area contributed by atoms with Crippen LogP contribution in [-0.4, -0.2) is 31.6 Å². The van der Waals surface area contributed by atoms with E-state index in [2.05, 4.69) is 22.8 Å². The van der Waals surface area contributed by atoms with Gasteiger partial charge in [-0.15, -0.1) is 11.3 Å². The highest BCUT2D eigenvalue weighted by Gasteiger charge is 2.20. The highest BCUT2D eigenvalue weighted by atomic mass is 35.5. The quantitative estimate of drug-likeness (QED) is 0.623. The number of ether oxygens (including phenoxy) is 1. The molecule has 0 amide bonds. The van der Waals surface area contributed by atoms with Crippen molar-refractivity contribution >= 4 is 45.1 Å². The largest absolute Gasteiger partial charge is 0.466 e. The van der Waals surface area contributed by atoms with Gasteiger partial charge >= 0.3 is 5.97 Å². The summed E-state index contributed by atoms with van der Waals surface area (Å²) in [4.78, 5) is 14.7. The number of hydrogen-bond donors (Lipinski definition) is 0. The second-order valence-corrected chi connectivity index (χ2v) is 6.68. The summed E-state index contributed by atoms with van der Waals surface area (Å²) in [5.41, 5.74) is 2.48. The first kappa shape index (κ1) is 14.6. The van der Waals surface area contributed by atoms with Gasteiger partial charge in [-0.05, 0) is 42.8 Å². The molecule has 0 fully saturated rings. The highest BCUT2D eigenvalue weighted by Crippen LogP contribution is 2.39. The van der Waals surface area contributed by atoms with Gasteiger partial charge in [-0.25, -0.2) is 4.79 Å². The second-order valence-electron chi connectivity index (χ2n) is 5.19. The first-order valence-electron chi connectivity index (χ1n) is 6.77. The van der Waals surface area contributed by atoms with Crippen LogP contribution < -0.4 is 0 Å². The Labute approximate surface area is 132 Å². The van der Waals surface area contributed by atoms with E-state index in [9.17, 15) is 4.79 Å². The van der Waals surface area contributed by atoms with Crippen LogP contribution in [0.25, 0.3) is 16.2 Å². The summed E-state index contributed by atoms with van der Waals surface area (Å²) in [5, 5.41) is 2.10. The lowest BCUT2D eigenvalue weighted by molar-refractivity contribution is -0.134. The van der Waals surface area contributed by atoms with Crippen LogP contribution in [0.15, 0.2) is 18.2 Å². The van der Waals surface area contributed by atoms with Crippen molar-refractivity contribution in [2.45, 2.75) is 13.0 Å². The molecule has 1 aliphatic heterocycles. The topological polar surface area (TPSA) is 29.5 Å². The van der Waals surface area contributed by atoms with E-state index in [1.807, 2.05) is 12.1 Å². The molecular weight excluding hydrogens is 306 g/mol. The summed E-state index contributed by atoms with van der Waals surface area (Å²) in [6.45, 7) is 1.85.